The first-order valence-electron chi connectivity index (χ1n) is 8.56. The van der Waals surface area contributed by atoms with E-state index in [9.17, 15) is 4.79 Å². The summed E-state index contributed by atoms with van der Waals surface area (Å²) in [5.74, 6) is 1.62. The number of rotatable bonds is 5. The zero-order valence-corrected chi connectivity index (χ0v) is 15.9. The first-order chi connectivity index (χ1) is 13.1. The van der Waals surface area contributed by atoms with E-state index >= 15 is 0 Å². The van der Waals surface area contributed by atoms with Crippen molar-refractivity contribution in [2.75, 3.05) is 0 Å². The van der Waals surface area contributed by atoms with Gasteiger partial charge in [0.1, 0.15) is 0 Å². The van der Waals surface area contributed by atoms with Gasteiger partial charge in [-0.05, 0) is 24.6 Å². The molecular weight excluding hydrogens is 360 g/mol. The van der Waals surface area contributed by atoms with Gasteiger partial charge in [-0.15, -0.1) is 0 Å². The zero-order valence-electron chi connectivity index (χ0n) is 15.0. The number of thioether (sulfide) groups is 1. The second kappa shape index (κ2) is 7.36. The highest BCUT2D eigenvalue weighted by Gasteiger charge is 2.12. The Balaban J connectivity index is 1.51. The van der Waals surface area contributed by atoms with Crippen LogP contribution in [0.1, 0.15) is 22.8 Å². The Hall–Kier alpha value is -2.93. The number of aryl methyl sites for hydroxylation is 1. The van der Waals surface area contributed by atoms with Gasteiger partial charge in [0.25, 0.3) is 5.56 Å². The van der Waals surface area contributed by atoms with Gasteiger partial charge in [0.15, 0.2) is 11.0 Å². The summed E-state index contributed by atoms with van der Waals surface area (Å²) < 4.78 is 6.90. The topological polar surface area (TPSA) is 73.8 Å². The van der Waals surface area contributed by atoms with Crippen LogP contribution in [0.5, 0.6) is 0 Å². The molecule has 2 heterocycles. The molecule has 7 heteroatoms. The summed E-state index contributed by atoms with van der Waals surface area (Å²) in [6.07, 6.45) is 0.626. The highest BCUT2D eigenvalue weighted by atomic mass is 32.2. The molecule has 6 nitrogen and oxygen atoms in total. The van der Waals surface area contributed by atoms with Crippen LogP contribution in [0, 0.1) is 6.92 Å². The monoisotopic (exact) mass is 378 g/mol. The van der Waals surface area contributed by atoms with Crippen molar-refractivity contribution in [1.82, 2.24) is 19.7 Å². The van der Waals surface area contributed by atoms with Crippen LogP contribution in [0.4, 0.5) is 0 Å². The molecule has 0 aliphatic rings. The van der Waals surface area contributed by atoms with E-state index in [1.54, 1.807) is 11.6 Å². The van der Waals surface area contributed by atoms with Gasteiger partial charge in [-0.25, -0.2) is 4.98 Å². The predicted molar refractivity (Wildman–Crippen MR) is 105 cm³/mol. The van der Waals surface area contributed by atoms with E-state index in [-0.39, 0.29) is 5.56 Å². The van der Waals surface area contributed by atoms with Crippen LogP contribution >= 0.6 is 11.8 Å². The minimum absolute atomic E-state index is 0.0542. The maximum atomic E-state index is 12.6. The van der Waals surface area contributed by atoms with Gasteiger partial charge >= 0.3 is 0 Å². The summed E-state index contributed by atoms with van der Waals surface area (Å²) in [6.45, 7) is 1.96. The van der Waals surface area contributed by atoms with Crippen molar-refractivity contribution >= 4 is 22.7 Å². The third kappa shape index (κ3) is 3.78. The van der Waals surface area contributed by atoms with Gasteiger partial charge in [0.05, 0.1) is 16.7 Å². The van der Waals surface area contributed by atoms with Gasteiger partial charge < -0.3 is 4.52 Å². The Kier molecular flexibility index (Phi) is 4.77. The first kappa shape index (κ1) is 17.5. The fourth-order valence-electron chi connectivity index (χ4n) is 2.82. The van der Waals surface area contributed by atoms with E-state index < -0.39 is 0 Å². The molecule has 0 aliphatic heterocycles. The van der Waals surface area contributed by atoms with Crippen LogP contribution in [-0.2, 0) is 19.2 Å². The van der Waals surface area contributed by atoms with Gasteiger partial charge in [0, 0.05) is 13.5 Å². The molecule has 0 radical (unpaired) electrons. The fourth-order valence-corrected chi connectivity index (χ4v) is 3.63. The van der Waals surface area contributed by atoms with Crippen LogP contribution in [0.15, 0.2) is 63.0 Å². The van der Waals surface area contributed by atoms with Crippen molar-refractivity contribution in [3.63, 3.8) is 0 Å². The summed E-state index contributed by atoms with van der Waals surface area (Å²) in [5, 5.41) is 5.29. The Morgan fingerprint density at radius 2 is 1.93 bits per heavy atom. The second-order valence-electron chi connectivity index (χ2n) is 6.33. The zero-order chi connectivity index (χ0) is 18.8. The quantitative estimate of drug-likeness (QED) is 0.391. The summed E-state index contributed by atoms with van der Waals surface area (Å²) in [6, 6.07) is 15.7. The molecular formula is C20H18N4O2S. The molecule has 0 bridgehead atoms. The van der Waals surface area contributed by atoms with Crippen molar-refractivity contribution in [2.45, 2.75) is 24.3 Å². The van der Waals surface area contributed by atoms with Crippen molar-refractivity contribution in [1.29, 1.82) is 0 Å². The number of nitrogens with zero attached hydrogens (tertiary/aromatic N) is 4. The lowest BCUT2D eigenvalue weighted by Crippen LogP contribution is -2.20. The van der Waals surface area contributed by atoms with Crippen LogP contribution in [-0.4, -0.2) is 19.7 Å². The van der Waals surface area contributed by atoms with Gasteiger partial charge in [-0.3, -0.25) is 9.36 Å². The summed E-state index contributed by atoms with van der Waals surface area (Å²) in [5.41, 5.74) is 2.81. The highest BCUT2D eigenvalue weighted by Crippen LogP contribution is 2.21. The highest BCUT2D eigenvalue weighted by molar-refractivity contribution is 7.98. The number of benzene rings is 2. The Morgan fingerprint density at radius 3 is 2.74 bits per heavy atom. The molecule has 2 aromatic carbocycles. The van der Waals surface area contributed by atoms with Gasteiger partial charge in [-0.2, -0.15) is 4.98 Å². The SMILES string of the molecule is Cc1ccc2nc(SCc3nc(Cc4ccccc4)no3)n(C)c(=O)c2c1. The molecule has 0 unspecified atom stereocenters. The average molecular weight is 378 g/mol. The van der Waals surface area contributed by atoms with Crippen molar-refractivity contribution in [2.24, 2.45) is 7.05 Å². The molecule has 0 saturated heterocycles. The summed E-state index contributed by atoms with van der Waals surface area (Å²) in [4.78, 5) is 21.6. The smallest absolute Gasteiger partial charge is 0.261 e. The summed E-state index contributed by atoms with van der Waals surface area (Å²) in [7, 11) is 1.73. The number of fused-ring (bicyclic) bond motifs is 1. The molecule has 2 aromatic heterocycles. The van der Waals surface area contributed by atoms with Gasteiger partial charge in [-0.1, -0.05) is 58.9 Å². The lowest BCUT2D eigenvalue weighted by atomic mass is 10.1. The van der Waals surface area contributed by atoms with E-state index in [2.05, 4.69) is 15.1 Å². The lowest BCUT2D eigenvalue weighted by Gasteiger charge is -2.08. The normalized spacial score (nSPS) is 11.2. The predicted octanol–water partition coefficient (Wildman–Crippen LogP) is 3.51. The number of hydrogen-bond acceptors (Lipinski definition) is 6. The maximum absolute atomic E-state index is 12.6. The molecule has 136 valence electrons. The average Bonchev–Trinajstić information content (AvgIpc) is 3.12. The lowest BCUT2D eigenvalue weighted by molar-refractivity contribution is 0.385. The number of hydrogen-bond donors (Lipinski definition) is 0. The van der Waals surface area contributed by atoms with Crippen molar-refractivity contribution in [3.8, 4) is 0 Å². The van der Waals surface area contributed by atoms with Gasteiger partial charge in [0.2, 0.25) is 5.89 Å². The van der Waals surface area contributed by atoms with E-state index in [0.717, 1.165) is 11.1 Å². The Morgan fingerprint density at radius 1 is 1.11 bits per heavy atom. The maximum Gasteiger partial charge on any atom is 0.261 e. The van der Waals surface area contributed by atoms with Crippen LogP contribution in [0.25, 0.3) is 10.9 Å². The third-order valence-corrected chi connectivity index (χ3v) is 5.24. The van der Waals surface area contributed by atoms with Crippen molar-refractivity contribution < 1.29 is 4.52 Å². The van der Waals surface area contributed by atoms with E-state index in [4.69, 9.17) is 4.52 Å². The standard InChI is InChI=1S/C20H18N4O2S/c1-13-8-9-16-15(10-13)19(25)24(2)20(21-16)27-12-18-22-17(23-26-18)11-14-6-4-3-5-7-14/h3-10H,11-12H2,1-2H3. The minimum atomic E-state index is -0.0542. The van der Waals surface area contributed by atoms with E-state index in [1.807, 2.05) is 55.5 Å². The van der Waals surface area contributed by atoms with Crippen LogP contribution in [0.3, 0.4) is 0 Å². The molecule has 0 aliphatic carbocycles. The molecule has 0 fully saturated rings. The first-order valence-corrected chi connectivity index (χ1v) is 9.54. The molecule has 0 spiro atoms. The minimum Gasteiger partial charge on any atom is -0.338 e. The molecule has 0 N–H and O–H groups in total. The molecule has 4 aromatic rings. The Bertz CT molecular complexity index is 1150. The van der Waals surface area contributed by atoms with Crippen LogP contribution in [0.2, 0.25) is 0 Å². The number of aromatic nitrogens is 4. The molecule has 0 amide bonds. The molecule has 4 rings (SSSR count). The molecule has 0 atom stereocenters. The molecule has 27 heavy (non-hydrogen) atoms. The largest absolute Gasteiger partial charge is 0.338 e. The van der Waals surface area contributed by atoms with Crippen LogP contribution < -0.4 is 5.56 Å². The van der Waals surface area contributed by atoms with E-state index in [0.29, 0.717) is 39.9 Å². The van der Waals surface area contributed by atoms with Crippen molar-refractivity contribution in [3.05, 3.63) is 81.7 Å². The third-order valence-electron chi connectivity index (χ3n) is 4.23. The second-order valence-corrected chi connectivity index (χ2v) is 7.28. The molecule has 0 saturated carbocycles. The van der Waals surface area contributed by atoms with E-state index in [1.165, 1.54) is 11.8 Å². The fraction of sp³-hybridized carbons (Fsp3) is 0.200. The summed E-state index contributed by atoms with van der Waals surface area (Å²) >= 11 is 1.41. The Labute approximate surface area is 160 Å².